The zero-order valence-corrected chi connectivity index (χ0v) is 10.1. The Morgan fingerprint density at radius 2 is 2.12 bits per heavy atom. The molecule has 0 saturated heterocycles. The maximum atomic E-state index is 4.40. The van der Waals surface area contributed by atoms with E-state index in [1.54, 1.807) is 12.4 Å². The van der Waals surface area contributed by atoms with Gasteiger partial charge in [-0.3, -0.25) is 15.0 Å². The van der Waals surface area contributed by atoms with Crippen LogP contribution >= 0.6 is 0 Å². The highest BCUT2D eigenvalue weighted by atomic mass is 14.9. The number of nitrogens with zero attached hydrogens (tertiary/aromatic N) is 3. The molecule has 2 aromatic rings. The Morgan fingerprint density at radius 3 is 2.71 bits per heavy atom. The van der Waals surface area contributed by atoms with E-state index in [0.717, 1.165) is 17.8 Å². The molecule has 0 spiro atoms. The summed E-state index contributed by atoms with van der Waals surface area (Å²) in [4.78, 5) is 12.8. The smallest absolute Gasteiger partial charge is 0.0759 e. The van der Waals surface area contributed by atoms with Gasteiger partial charge in [0.1, 0.15) is 0 Å². The van der Waals surface area contributed by atoms with Gasteiger partial charge in [-0.2, -0.15) is 0 Å². The van der Waals surface area contributed by atoms with E-state index in [2.05, 4.69) is 26.3 Å². The molecule has 0 aliphatic carbocycles. The molecule has 2 heterocycles. The van der Waals surface area contributed by atoms with Crippen LogP contribution in [0.25, 0.3) is 0 Å². The molecule has 17 heavy (non-hydrogen) atoms. The van der Waals surface area contributed by atoms with Crippen molar-refractivity contribution in [3.8, 4) is 0 Å². The highest BCUT2D eigenvalue weighted by Crippen LogP contribution is 2.14. The lowest BCUT2D eigenvalue weighted by Crippen LogP contribution is -2.20. The van der Waals surface area contributed by atoms with Gasteiger partial charge in [-0.05, 0) is 32.0 Å². The fourth-order valence-electron chi connectivity index (χ4n) is 1.69. The minimum absolute atomic E-state index is 0.173. The molecular formula is C13H16N4. The molecule has 1 unspecified atom stereocenters. The van der Waals surface area contributed by atoms with Gasteiger partial charge in [0.25, 0.3) is 0 Å². The summed E-state index contributed by atoms with van der Waals surface area (Å²) in [5.74, 6) is 0. The van der Waals surface area contributed by atoms with Gasteiger partial charge < -0.3 is 5.32 Å². The van der Waals surface area contributed by atoms with Crippen LogP contribution in [0, 0.1) is 6.92 Å². The average molecular weight is 228 g/mol. The predicted octanol–water partition coefficient (Wildman–Crippen LogP) is 1.68. The first-order valence-corrected chi connectivity index (χ1v) is 5.64. The number of likely N-dealkylation sites (N-methyl/N-ethyl adjacent to an activating group) is 1. The maximum absolute atomic E-state index is 4.40. The molecular weight excluding hydrogens is 212 g/mol. The van der Waals surface area contributed by atoms with Crippen LogP contribution in [-0.4, -0.2) is 22.0 Å². The SMILES string of the molecule is CNC(Cc1cccnc1)c1cnc(C)cn1. The summed E-state index contributed by atoms with van der Waals surface area (Å²) in [5.41, 5.74) is 3.08. The molecule has 4 heteroatoms. The standard InChI is InChI=1S/C13H16N4/c1-10-7-17-13(9-16-10)12(14-2)6-11-4-3-5-15-8-11/h3-5,7-9,12,14H,6H2,1-2H3. The third kappa shape index (κ3) is 3.07. The summed E-state index contributed by atoms with van der Waals surface area (Å²) in [6, 6.07) is 4.19. The van der Waals surface area contributed by atoms with Crippen molar-refractivity contribution in [2.45, 2.75) is 19.4 Å². The van der Waals surface area contributed by atoms with Gasteiger partial charge in [-0.25, -0.2) is 0 Å². The third-order valence-electron chi connectivity index (χ3n) is 2.67. The molecule has 0 radical (unpaired) electrons. The summed E-state index contributed by atoms with van der Waals surface area (Å²) in [6.45, 7) is 1.94. The molecule has 4 nitrogen and oxygen atoms in total. The quantitative estimate of drug-likeness (QED) is 0.865. The molecule has 2 rings (SSSR count). The maximum Gasteiger partial charge on any atom is 0.0759 e. The van der Waals surface area contributed by atoms with E-state index in [4.69, 9.17) is 0 Å². The van der Waals surface area contributed by atoms with Crippen molar-refractivity contribution >= 4 is 0 Å². The Balaban J connectivity index is 2.14. The Labute approximate surface area is 101 Å². The minimum Gasteiger partial charge on any atom is -0.311 e. The minimum atomic E-state index is 0.173. The van der Waals surface area contributed by atoms with E-state index < -0.39 is 0 Å². The van der Waals surface area contributed by atoms with Gasteiger partial charge in [0.05, 0.1) is 23.6 Å². The number of aromatic nitrogens is 3. The molecule has 0 aliphatic rings. The molecule has 2 aromatic heterocycles. The van der Waals surface area contributed by atoms with Crippen molar-refractivity contribution in [1.82, 2.24) is 20.3 Å². The van der Waals surface area contributed by atoms with E-state index in [1.165, 1.54) is 5.56 Å². The van der Waals surface area contributed by atoms with E-state index in [0.29, 0.717) is 0 Å². The number of aryl methyl sites for hydroxylation is 1. The van der Waals surface area contributed by atoms with Crippen LogP contribution in [0.3, 0.4) is 0 Å². The molecule has 0 amide bonds. The van der Waals surface area contributed by atoms with Crippen LogP contribution < -0.4 is 5.32 Å². The first-order chi connectivity index (χ1) is 8.29. The molecule has 0 fully saturated rings. The summed E-state index contributed by atoms with van der Waals surface area (Å²) in [5, 5.41) is 3.26. The van der Waals surface area contributed by atoms with Gasteiger partial charge in [-0.1, -0.05) is 6.07 Å². The largest absolute Gasteiger partial charge is 0.311 e. The topological polar surface area (TPSA) is 50.7 Å². The molecule has 0 aromatic carbocycles. The van der Waals surface area contributed by atoms with E-state index >= 15 is 0 Å². The lowest BCUT2D eigenvalue weighted by molar-refractivity contribution is 0.571. The molecule has 0 saturated carbocycles. The normalized spacial score (nSPS) is 12.4. The molecule has 1 N–H and O–H groups in total. The predicted molar refractivity (Wildman–Crippen MR) is 66.5 cm³/mol. The van der Waals surface area contributed by atoms with Crippen molar-refractivity contribution < 1.29 is 0 Å². The lowest BCUT2D eigenvalue weighted by atomic mass is 10.1. The van der Waals surface area contributed by atoms with Crippen molar-refractivity contribution in [3.05, 3.63) is 53.9 Å². The van der Waals surface area contributed by atoms with Gasteiger partial charge in [-0.15, -0.1) is 0 Å². The van der Waals surface area contributed by atoms with E-state index in [1.807, 2.05) is 32.4 Å². The van der Waals surface area contributed by atoms with Crippen LogP contribution in [0.2, 0.25) is 0 Å². The Kier molecular flexibility index (Phi) is 3.77. The second-order valence-electron chi connectivity index (χ2n) is 3.99. The van der Waals surface area contributed by atoms with Crippen molar-refractivity contribution in [2.75, 3.05) is 7.05 Å². The molecule has 0 bridgehead atoms. The number of hydrogen-bond acceptors (Lipinski definition) is 4. The fourth-order valence-corrected chi connectivity index (χ4v) is 1.69. The summed E-state index contributed by atoms with van der Waals surface area (Å²) < 4.78 is 0. The zero-order chi connectivity index (χ0) is 12.1. The van der Waals surface area contributed by atoms with Crippen LogP contribution in [-0.2, 0) is 6.42 Å². The zero-order valence-electron chi connectivity index (χ0n) is 10.1. The van der Waals surface area contributed by atoms with E-state index in [9.17, 15) is 0 Å². The third-order valence-corrected chi connectivity index (χ3v) is 2.67. The molecule has 88 valence electrons. The second kappa shape index (κ2) is 5.50. The van der Waals surface area contributed by atoms with Gasteiger partial charge in [0.2, 0.25) is 0 Å². The van der Waals surface area contributed by atoms with Gasteiger partial charge in [0, 0.05) is 18.6 Å². The first-order valence-electron chi connectivity index (χ1n) is 5.64. The highest BCUT2D eigenvalue weighted by Gasteiger charge is 2.11. The number of rotatable bonds is 4. The first kappa shape index (κ1) is 11.7. The van der Waals surface area contributed by atoms with Gasteiger partial charge >= 0.3 is 0 Å². The average Bonchev–Trinajstić information content (AvgIpc) is 2.38. The number of pyridine rings is 1. The summed E-state index contributed by atoms with van der Waals surface area (Å²) >= 11 is 0. The molecule has 0 aliphatic heterocycles. The number of hydrogen-bond donors (Lipinski definition) is 1. The Bertz CT molecular complexity index is 453. The summed E-state index contributed by atoms with van der Waals surface area (Å²) in [7, 11) is 1.93. The van der Waals surface area contributed by atoms with E-state index in [-0.39, 0.29) is 6.04 Å². The second-order valence-corrected chi connectivity index (χ2v) is 3.99. The van der Waals surface area contributed by atoms with Crippen LogP contribution in [0.5, 0.6) is 0 Å². The number of nitrogens with one attached hydrogen (secondary N) is 1. The van der Waals surface area contributed by atoms with Crippen molar-refractivity contribution in [2.24, 2.45) is 0 Å². The Hall–Kier alpha value is -1.81. The van der Waals surface area contributed by atoms with Crippen LogP contribution in [0.15, 0.2) is 36.9 Å². The Morgan fingerprint density at radius 1 is 1.24 bits per heavy atom. The van der Waals surface area contributed by atoms with Crippen LogP contribution in [0.1, 0.15) is 23.0 Å². The van der Waals surface area contributed by atoms with Gasteiger partial charge in [0.15, 0.2) is 0 Å². The monoisotopic (exact) mass is 228 g/mol. The van der Waals surface area contributed by atoms with Crippen molar-refractivity contribution in [1.29, 1.82) is 0 Å². The molecule has 1 atom stereocenters. The summed E-state index contributed by atoms with van der Waals surface area (Å²) in [6.07, 6.45) is 8.15. The fraction of sp³-hybridized carbons (Fsp3) is 0.308. The van der Waals surface area contributed by atoms with Crippen molar-refractivity contribution in [3.63, 3.8) is 0 Å². The highest BCUT2D eigenvalue weighted by molar-refractivity contribution is 5.15. The van der Waals surface area contributed by atoms with Crippen LogP contribution in [0.4, 0.5) is 0 Å². The lowest BCUT2D eigenvalue weighted by Gasteiger charge is -2.15.